The fraction of sp³-hybridized carbons (Fsp3) is 0.579. The summed E-state index contributed by atoms with van der Waals surface area (Å²) in [7, 11) is -4.67. The van der Waals surface area contributed by atoms with E-state index in [0.29, 0.717) is 0 Å². The summed E-state index contributed by atoms with van der Waals surface area (Å²) in [4.78, 5) is 3.98. The number of aromatic nitrogens is 1. The van der Waals surface area contributed by atoms with Gasteiger partial charge in [0, 0.05) is 6.20 Å². The molecular formula is C19H34NNaO4S. The van der Waals surface area contributed by atoms with E-state index >= 15 is 0 Å². The van der Waals surface area contributed by atoms with Gasteiger partial charge in [0.25, 0.3) is 0 Å². The van der Waals surface area contributed by atoms with Crippen LogP contribution >= 0.6 is 0 Å². The average Bonchev–Trinajstić information content (AvgIpc) is 2.57. The third-order valence-corrected chi connectivity index (χ3v) is 3.25. The van der Waals surface area contributed by atoms with Gasteiger partial charge < -0.3 is 6.92 Å². The molecule has 7 heteroatoms. The second-order valence-corrected chi connectivity index (χ2v) is 6.48. The zero-order valence-electron chi connectivity index (χ0n) is 16.4. The van der Waals surface area contributed by atoms with Gasteiger partial charge in [-0.25, -0.2) is 0 Å². The van der Waals surface area contributed by atoms with E-state index in [0.717, 1.165) is 12.1 Å². The summed E-state index contributed by atoms with van der Waals surface area (Å²) in [6.07, 6.45) is 17.4. The summed E-state index contributed by atoms with van der Waals surface area (Å²) >= 11 is 0. The van der Waals surface area contributed by atoms with Crippen molar-refractivity contribution in [3.8, 4) is 0 Å². The van der Waals surface area contributed by atoms with Gasteiger partial charge in [-0.1, -0.05) is 77.4 Å². The van der Waals surface area contributed by atoms with Crippen LogP contribution in [0.2, 0.25) is 0 Å². The summed E-state index contributed by atoms with van der Waals surface area (Å²) in [6, 6.07) is 5.73. The van der Waals surface area contributed by atoms with E-state index in [1.54, 1.807) is 12.3 Å². The van der Waals surface area contributed by atoms with Gasteiger partial charge in [0.15, 0.2) is 0 Å². The molecular weight excluding hydrogens is 361 g/mol. The van der Waals surface area contributed by atoms with Crippen molar-refractivity contribution < 1.29 is 47.1 Å². The van der Waals surface area contributed by atoms with E-state index in [-0.39, 0.29) is 29.6 Å². The first kappa shape index (κ1) is 30.5. The number of hydrogen-bond acceptors (Lipinski definition) is 3. The minimum Gasteiger partial charge on any atom is -0.343 e. The first-order valence-electron chi connectivity index (χ1n) is 8.87. The Morgan fingerprint density at radius 2 is 1.50 bits per heavy atom. The molecule has 0 saturated heterocycles. The van der Waals surface area contributed by atoms with E-state index in [9.17, 15) is 0 Å². The molecule has 0 aromatic carbocycles. The Hall–Kier alpha value is -0.240. The molecule has 0 aliphatic carbocycles. The molecule has 0 radical (unpaired) electrons. The normalized spacial score (nSPS) is 9.69. The Balaban J connectivity index is -0.000000327. The van der Waals surface area contributed by atoms with Crippen molar-refractivity contribution in [2.24, 2.45) is 0 Å². The van der Waals surface area contributed by atoms with Crippen molar-refractivity contribution in [3.63, 3.8) is 0 Å². The van der Waals surface area contributed by atoms with E-state index in [4.69, 9.17) is 17.5 Å². The molecule has 0 aliphatic rings. The zero-order chi connectivity index (χ0) is 19.4. The maximum atomic E-state index is 8.74. The molecule has 0 unspecified atom stereocenters. The van der Waals surface area contributed by atoms with Gasteiger partial charge in [0.1, 0.15) is 0 Å². The SMILES string of the molecule is C=Cc1ccccn1.O=S(=O)(O)O.[CH2-]CCCCCCCCCCC.[Na+]. The quantitative estimate of drug-likeness (QED) is 0.275. The predicted molar refractivity (Wildman–Crippen MR) is 106 cm³/mol. The van der Waals surface area contributed by atoms with Crippen LogP contribution in [0.5, 0.6) is 0 Å². The summed E-state index contributed by atoms with van der Waals surface area (Å²) in [5.74, 6) is 0. The molecule has 0 amide bonds. The van der Waals surface area contributed by atoms with Gasteiger partial charge in [-0.3, -0.25) is 14.1 Å². The van der Waals surface area contributed by atoms with Crippen molar-refractivity contribution in [3.05, 3.63) is 43.6 Å². The third-order valence-electron chi connectivity index (χ3n) is 3.25. The molecule has 26 heavy (non-hydrogen) atoms. The standard InChI is InChI=1S/C12H25.C7H7N.Na.H2O4S/c1-3-5-7-9-11-12-10-8-6-4-2;1-2-7-5-3-4-6-8-7;;1-5(2,3)4/h1,3-12H2,2H3;2-6H,1H2;;(H2,1,2,3,4)/q-1;;+1;. The van der Waals surface area contributed by atoms with Crippen molar-refractivity contribution >= 4 is 16.5 Å². The van der Waals surface area contributed by atoms with Gasteiger partial charge in [-0.05, 0) is 18.2 Å². The minimum absolute atomic E-state index is 0. The first-order valence-corrected chi connectivity index (χ1v) is 10.3. The number of unbranched alkanes of at least 4 members (excludes halogenated alkanes) is 9. The Morgan fingerprint density at radius 1 is 1.04 bits per heavy atom. The largest absolute Gasteiger partial charge is 1.00 e. The summed E-state index contributed by atoms with van der Waals surface area (Å²) in [5, 5.41) is 0. The van der Waals surface area contributed by atoms with Crippen LogP contribution in [0.3, 0.4) is 0 Å². The molecule has 0 saturated carbocycles. The van der Waals surface area contributed by atoms with Crippen LogP contribution < -0.4 is 29.6 Å². The van der Waals surface area contributed by atoms with Crippen LogP contribution in [0.25, 0.3) is 6.08 Å². The molecule has 1 aromatic rings. The number of nitrogens with zero attached hydrogens (tertiary/aromatic N) is 1. The molecule has 0 bridgehead atoms. The molecule has 5 nitrogen and oxygen atoms in total. The molecule has 0 fully saturated rings. The van der Waals surface area contributed by atoms with Crippen molar-refractivity contribution in [2.45, 2.75) is 71.1 Å². The van der Waals surface area contributed by atoms with Crippen LogP contribution in [0.4, 0.5) is 0 Å². The second kappa shape index (κ2) is 22.8. The Kier molecular flexibility index (Phi) is 26.7. The number of pyridine rings is 1. The maximum absolute atomic E-state index is 8.74. The fourth-order valence-electron chi connectivity index (χ4n) is 1.98. The maximum Gasteiger partial charge on any atom is 1.00 e. The van der Waals surface area contributed by atoms with Crippen molar-refractivity contribution in [1.29, 1.82) is 0 Å². The molecule has 0 spiro atoms. The molecule has 0 aliphatic heterocycles. The first-order chi connectivity index (χ1) is 11.8. The van der Waals surface area contributed by atoms with E-state index in [2.05, 4.69) is 25.4 Å². The van der Waals surface area contributed by atoms with Crippen LogP contribution in [0, 0.1) is 6.92 Å². The third kappa shape index (κ3) is 35.0. The molecule has 1 heterocycles. The zero-order valence-corrected chi connectivity index (χ0v) is 19.3. The van der Waals surface area contributed by atoms with Crippen LogP contribution in [0.1, 0.15) is 76.8 Å². The summed E-state index contributed by atoms with van der Waals surface area (Å²) in [5.41, 5.74) is 0.924. The van der Waals surface area contributed by atoms with Gasteiger partial charge in [0.2, 0.25) is 0 Å². The Bertz CT molecular complexity index is 478. The van der Waals surface area contributed by atoms with E-state index in [1.807, 2.05) is 18.2 Å². The molecule has 0 atom stereocenters. The monoisotopic (exact) mass is 395 g/mol. The molecule has 1 aromatic heterocycles. The Morgan fingerprint density at radius 3 is 1.81 bits per heavy atom. The topological polar surface area (TPSA) is 87.5 Å². The average molecular weight is 396 g/mol. The van der Waals surface area contributed by atoms with Crippen molar-refractivity contribution in [1.82, 2.24) is 4.98 Å². The summed E-state index contributed by atoms with van der Waals surface area (Å²) < 4.78 is 31.6. The van der Waals surface area contributed by atoms with Gasteiger partial charge in [-0.15, -0.1) is 0 Å². The minimum atomic E-state index is -4.67. The number of rotatable bonds is 10. The van der Waals surface area contributed by atoms with E-state index in [1.165, 1.54) is 57.8 Å². The van der Waals surface area contributed by atoms with Crippen LogP contribution in [-0.4, -0.2) is 22.5 Å². The Labute approximate surface area is 182 Å². The molecule has 2 N–H and O–H groups in total. The second-order valence-electron chi connectivity index (χ2n) is 5.59. The predicted octanol–water partition coefficient (Wildman–Crippen LogP) is 2.82. The molecule has 1 rings (SSSR count). The van der Waals surface area contributed by atoms with E-state index < -0.39 is 10.4 Å². The molecule has 146 valence electrons. The van der Waals surface area contributed by atoms with Gasteiger partial charge >= 0.3 is 40.0 Å². The van der Waals surface area contributed by atoms with Crippen molar-refractivity contribution in [2.75, 3.05) is 0 Å². The van der Waals surface area contributed by atoms with Gasteiger partial charge in [-0.2, -0.15) is 14.8 Å². The smallest absolute Gasteiger partial charge is 0.343 e. The van der Waals surface area contributed by atoms with Gasteiger partial charge in [0.05, 0.1) is 5.69 Å². The fourth-order valence-corrected chi connectivity index (χ4v) is 1.98. The van der Waals surface area contributed by atoms with Crippen LogP contribution in [-0.2, 0) is 10.4 Å². The number of hydrogen-bond donors (Lipinski definition) is 2. The van der Waals surface area contributed by atoms with Crippen LogP contribution in [0.15, 0.2) is 31.0 Å². The summed E-state index contributed by atoms with van der Waals surface area (Å²) in [6.45, 7) is 9.68.